The van der Waals surface area contributed by atoms with Gasteiger partial charge in [-0.05, 0) is 36.2 Å². The van der Waals surface area contributed by atoms with Gasteiger partial charge in [-0.2, -0.15) is 0 Å². The van der Waals surface area contributed by atoms with Crippen LogP contribution in [-0.2, 0) is 11.3 Å². The lowest BCUT2D eigenvalue weighted by Crippen LogP contribution is -2.14. The Morgan fingerprint density at radius 1 is 1.26 bits per heavy atom. The minimum atomic E-state index is 0.153. The summed E-state index contributed by atoms with van der Waals surface area (Å²) in [4.78, 5) is 5.59. The van der Waals surface area contributed by atoms with Gasteiger partial charge in [0.15, 0.2) is 0 Å². The van der Waals surface area contributed by atoms with Crippen LogP contribution in [-0.4, -0.2) is 12.3 Å². The quantitative estimate of drug-likeness (QED) is 0.569. The van der Waals surface area contributed by atoms with Crippen molar-refractivity contribution in [2.75, 3.05) is 6.61 Å². The fourth-order valence-electron chi connectivity index (χ4n) is 2.35. The zero-order valence-corrected chi connectivity index (χ0v) is 12.6. The summed E-state index contributed by atoms with van der Waals surface area (Å²) < 4.78 is 0. The third kappa shape index (κ3) is 4.09. The molecule has 0 saturated heterocycles. The Bertz CT molecular complexity index is 457. The van der Waals surface area contributed by atoms with E-state index in [-0.39, 0.29) is 5.41 Å². The molecule has 1 aromatic rings. The van der Waals surface area contributed by atoms with Crippen LogP contribution in [0.5, 0.6) is 0 Å². The highest BCUT2D eigenvalue weighted by molar-refractivity contribution is 6.01. The highest BCUT2D eigenvalue weighted by atomic mass is 16.6. The summed E-state index contributed by atoms with van der Waals surface area (Å²) in [6.07, 6.45) is 3.39. The van der Waals surface area contributed by atoms with E-state index >= 15 is 0 Å². The minimum Gasteiger partial charge on any atom is -0.395 e. The predicted octanol–water partition coefficient (Wildman–Crippen LogP) is 4.43. The number of nitrogens with zero attached hydrogens (tertiary/aromatic N) is 1. The van der Waals surface area contributed by atoms with E-state index in [4.69, 9.17) is 4.84 Å². The topological polar surface area (TPSA) is 21.6 Å². The first-order valence-electron chi connectivity index (χ1n) is 7.23. The molecule has 0 spiro atoms. The van der Waals surface area contributed by atoms with E-state index < -0.39 is 0 Å². The Hall–Kier alpha value is -1.31. The molecular weight excluding hydrogens is 234 g/mol. The average Bonchev–Trinajstić information content (AvgIpc) is 2.48. The number of oxime groups is 1. The number of rotatable bonds is 2. The van der Waals surface area contributed by atoms with Gasteiger partial charge >= 0.3 is 0 Å². The molecule has 1 aliphatic rings. The molecule has 0 fully saturated rings. The highest BCUT2D eigenvalue weighted by Crippen LogP contribution is 2.25. The smallest absolute Gasteiger partial charge is 0.122 e. The van der Waals surface area contributed by atoms with Gasteiger partial charge < -0.3 is 4.84 Å². The van der Waals surface area contributed by atoms with Gasteiger partial charge in [-0.3, -0.25) is 0 Å². The van der Waals surface area contributed by atoms with Gasteiger partial charge in [0, 0.05) is 5.56 Å². The van der Waals surface area contributed by atoms with Gasteiger partial charge in [0.05, 0.1) is 5.71 Å². The maximum atomic E-state index is 5.59. The van der Waals surface area contributed by atoms with E-state index in [1.807, 2.05) is 0 Å². The number of aryl methyl sites for hydroxylation is 1. The zero-order valence-electron chi connectivity index (χ0n) is 12.6. The number of benzene rings is 1. The van der Waals surface area contributed by atoms with Crippen molar-refractivity contribution in [2.45, 2.75) is 47.0 Å². The third-order valence-corrected chi connectivity index (χ3v) is 3.45. The fraction of sp³-hybridized carbons (Fsp3) is 0.588. The van der Waals surface area contributed by atoms with Crippen molar-refractivity contribution in [1.29, 1.82) is 0 Å². The molecule has 19 heavy (non-hydrogen) atoms. The number of hydrogen-bond acceptors (Lipinski definition) is 2. The summed E-state index contributed by atoms with van der Waals surface area (Å²) in [6.45, 7) is 9.45. The summed E-state index contributed by atoms with van der Waals surface area (Å²) in [5.41, 5.74) is 3.95. The molecule has 0 saturated carbocycles. The molecular formula is C17H25NO. The monoisotopic (exact) mass is 259 g/mol. The molecule has 2 rings (SSSR count). The number of hydrogen-bond donors (Lipinski definition) is 0. The second kappa shape index (κ2) is 5.77. The van der Waals surface area contributed by atoms with E-state index in [2.05, 4.69) is 57.1 Å². The maximum absolute atomic E-state index is 5.59. The Morgan fingerprint density at radius 3 is 2.74 bits per heavy atom. The van der Waals surface area contributed by atoms with Crippen molar-refractivity contribution in [3.8, 4) is 0 Å². The molecule has 1 aliphatic carbocycles. The van der Waals surface area contributed by atoms with E-state index in [0.717, 1.165) is 18.6 Å². The van der Waals surface area contributed by atoms with Crippen LogP contribution < -0.4 is 0 Å². The lowest BCUT2D eigenvalue weighted by Gasteiger charge is -2.16. The normalized spacial score (nSPS) is 21.9. The van der Waals surface area contributed by atoms with Crippen molar-refractivity contribution in [2.24, 2.45) is 16.5 Å². The predicted molar refractivity (Wildman–Crippen MR) is 80.5 cm³/mol. The molecule has 104 valence electrons. The first-order valence-corrected chi connectivity index (χ1v) is 7.23. The molecule has 0 heterocycles. The van der Waals surface area contributed by atoms with E-state index in [0.29, 0.717) is 12.5 Å². The standard InChI is InChI=1S/C17H25NO/c1-13-9-10-14-7-5-6-8-15(14)16(11-13)18-19-12-17(2,3)4/h5-8,13H,9-12H2,1-4H3. The van der Waals surface area contributed by atoms with Gasteiger partial charge in [-0.1, -0.05) is 57.1 Å². The largest absolute Gasteiger partial charge is 0.395 e. The first-order chi connectivity index (χ1) is 8.96. The SMILES string of the molecule is CC1CCc2ccccc2C(=NOCC(C)(C)C)C1. The van der Waals surface area contributed by atoms with Crippen LogP contribution >= 0.6 is 0 Å². The fourth-order valence-corrected chi connectivity index (χ4v) is 2.35. The van der Waals surface area contributed by atoms with Crippen molar-refractivity contribution in [3.63, 3.8) is 0 Å². The molecule has 0 aromatic heterocycles. The summed E-state index contributed by atoms with van der Waals surface area (Å²) in [6, 6.07) is 8.59. The summed E-state index contributed by atoms with van der Waals surface area (Å²) in [5, 5.41) is 4.44. The van der Waals surface area contributed by atoms with E-state index in [1.165, 1.54) is 17.5 Å². The summed E-state index contributed by atoms with van der Waals surface area (Å²) in [7, 11) is 0. The lowest BCUT2D eigenvalue weighted by atomic mass is 9.99. The van der Waals surface area contributed by atoms with Gasteiger partial charge in [-0.25, -0.2) is 0 Å². The third-order valence-electron chi connectivity index (χ3n) is 3.45. The molecule has 0 N–H and O–H groups in total. The van der Waals surface area contributed by atoms with Crippen LogP contribution in [0, 0.1) is 11.3 Å². The summed E-state index contributed by atoms with van der Waals surface area (Å²) >= 11 is 0. The summed E-state index contributed by atoms with van der Waals surface area (Å²) in [5.74, 6) is 0.671. The van der Waals surface area contributed by atoms with E-state index in [9.17, 15) is 0 Å². The molecule has 0 bridgehead atoms. The van der Waals surface area contributed by atoms with Gasteiger partial charge in [0.1, 0.15) is 6.61 Å². The molecule has 0 radical (unpaired) electrons. The lowest BCUT2D eigenvalue weighted by molar-refractivity contribution is 0.0767. The van der Waals surface area contributed by atoms with E-state index in [1.54, 1.807) is 0 Å². The molecule has 0 amide bonds. The van der Waals surface area contributed by atoms with Gasteiger partial charge in [0.2, 0.25) is 0 Å². The van der Waals surface area contributed by atoms with Crippen molar-refractivity contribution >= 4 is 5.71 Å². The van der Waals surface area contributed by atoms with Crippen LogP contribution in [0.25, 0.3) is 0 Å². The van der Waals surface area contributed by atoms with Crippen molar-refractivity contribution in [1.82, 2.24) is 0 Å². The van der Waals surface area contributed by atoms with Crippen LogP contribution in [0.1, 0.15) is 51.7 Å². The molecule has 2 nitrogen and oxygen atoms in total. The Balaban J connectivity index is 2.20. The van der Waals surface area contributed by atoms with Crippen LogP contribution in [0.2, 0.25) is 0 Å². The average molecular weight is 259 g/mol. The van der Waals surface area contributed by atoms with Crippen LogP contribution in [0.3, 0.4) is 0 Å². The molecule has 1 unspecified atom stereocenters. The minimum absolute atomic E-state index is 0.153. The van der Waals surface area contributed by atoms with Crippen molar-refractivity contribution in [3.05, 3.63) is 35.4 Å². The van der Waals surface area contributed by atoms with Crippen LogP contribution in [0.4, 0.5) is 0 Å². The first kappa shape index (κ1) is 14.1. The van der Waals surface area contributed by atoms with Crippen LogP contribution in [0.15, 0.2) is 29.4 Å². The maximum Gasteiger partial charge on any atom is 0.122 e. The highest BCUT2D eigenvalue weighted by Gasteiger charge is 2.19. The number of fused-ring (bicyclic) bond motifs is 1. The Kier molecular flexibility index (Phi) is 4.28. The second-order valence-electron chi connectivity index (χ2n) is 6.88. The second-order valence-corrected chi connectivity index (χ2v) is 6.88. The van der Waals surface area contributed by atoms with Crippen molar-refractivity contribution < 1.29 is 4.84 Å². The Labute approximate surface area is 116 Å². The molecule has 0 aliphatic heterocycles. The molecule has 2 heteroatoms. The van der Waals surface area contributed by atoms with Gasteiger partial charge in [-0.15, -0.1) is 0 Å². The molecule has 1 aromatic carbocycles. The zero-order chi connectivity index (χ0) is 13.9. The van der Waals surface area contributed by atoms with Gasteiger partial charge in [0.25, 0.3) is 0 Å². The Morgan fingerprint density at radius 2 is 2.00 bits per heavy atom. The molecule has 1 atom stereocenters.